The normalized spacial score (nSPS) is 23.5. The second kappa shape index (κ2) is 14.9. The van der Waals surface area contributed by atoms with Crippen LogP contribution in [0.15, 0.2) is 0 Å². The Morgan fingerprint density at radius 1 is 0.857 bits per heavy atom. The smallest absolute Gasteiger partial charge is 0.391 e. The number of nitrogens with zero attached hydrogens (tertiary/aromatic N) is 1. The van der Waals surface area contributed by atoms with Gasteiger partial charge < -0.3 is 18.4 Å². The molecule has 3 atom stereocenters. The minimum absolute atomic E-state index is 0.183. The van der Waals surface area contributed by atoms with Gasteiger partial charge in [0.2, 0.25) is 0 Å². The Morgan fingerprint density at radius 2 is 1.39 bits per heavy atom. The highest BCUT2D eigenvalue weighted by atomic mass is 28.4. The molecule has 0 aromatic carbocycles. The molecule has 0 saturated heterocycles. The highest BCUT2D eigenvalue weighted by Gasteiger charge is 2.42. The topological polar surface area (TPSA) is 51.2 Å². The maximum atomic E-state index is 10.7. The summed E-state index contributed by atoms with van der Waals surface area (Å²) >= 11 is 0. The lowest BCUT2D eigenvalue weighted by Crippen LogP contribution is -2.49. The number of aliphatic hydroxyl groups is 1. The first-order valence-corrected chi connectivity index (χ1v) is 13.8. The molecule has 5 nitrogen and oxygen atoms in total. The number of hydrogen-bond donors (Lipinski definition) is 1. The molecule has 0 radical (unpaired) electrons. The first kappa shape index (κ1) is 26.1. The summed E-state index contributed by atoms with van der Waals surface area (Å²) < 4.78 is 18.1. The van der Waals surface area contributed by atoms with E-state index < -0.39 is 8.80 Å². The summed E-state index contributed by atoms with van der Waals surface area (Å²) in [5.74, 6) is 0.618. The highest BCUT2D eigenvalue weighted by molar-refractivity contribution is 6.60. The zero-order chi connectivity index (χ0) is 20.8. The van der Waals surface area contributed by atoms with E-state index in [2.05, 4.69) is 18.7 Å². The van der Waals surface area contributed by atoms with E-state index in [4.69, 9.17) is 13.3 Å². The molecule has 1 rings (SSSR count). The predicted molar refractivity (Wildman–Crippen MR) is 119 cm³/mol. The van der Waals surface area contributed by atoms with Crippen LogP contribution in [0.2, 0.25) is 6.04 Å². The predicted octanol–water partition coefficient (Wildman–Crippen LogP) is 4.86. The zero-order valence-electron chi connectivity index (χ0n) is 19.3. The minimum Gasteiger partial charge on any atom is -0.391 e. The van der Waals surface area contributed by atoms with E-state index in [1.807, 2.05) is 20.8 Å². The third-order valence-corrected chi connectivity index (χ3v) is 8.99. The van der Waals surface area contributed by atoms with Gasteiger partial charge >= 0.3 is 8.80 Å². The molecule has 0 aromatic rings. The third kappa shape index (κ3) is 8.80. The van der Waals surface area contributed by atoms with Crippen molar-refractivity contribution in [2.75, 3.05) is 32.9 Å². The molecule has 0 spiro atoms. The summed E-state index contributed by atoms with van der Waals surface area (Å²) in [5.41, 5.74) is 0. The van der Waals surface area contributed by atoms with Gasteiger partial charge in [0.25, 0.3) is 0 Å². The van der Waals surface area contributed by atoms with E-state index in [0.29, 0.717) is 31.8 Å². The van der Waals surface area contributed by atoms with Gasteiger partial charge in [-0.2, -0.15) is 0 Å². The molecule has 0 aliphatic heterocycles. The molecule has 168 valence electrons. The first-order chi connectivity index (χ1) is 13.6. The molecule has 1 aliphatic rings. The van der Waals surface area contributed by atoms with Gasteiger partial charge in [-0.1, -0.05) is 26.7 Å². The lowest BCUT2D eigenvalue weighted by molar-refractivity contribution is -0.000239. The van der Waals surface area contributed by atoms with Crippen molar-refractivity contribution in [2.24, 2.45) is 5.92 Å². The van der Waals surface area contributed by atoms with Crippen LogP contribution in [0.25, 0.3) is 0 Å². The molecule has 1 aliphatic carbocycles. The maximum Gasteiger partial charge on any atom is 0.500 e. The molecule has 0 bridgehead atoms. The standard InChI is InChI=1S/C22H47NO4Si/c1-6-11-16-23(17-12-7-2)21-19-20(13-14-22(21)24)15-18-28(25-8-3,26-9-4)27-10-5/h20-22,24H,6-19H2,1-5H3. The summed E-state index contributed by atoms with van der Waals surface area (Å²) in [7, 11) is -2.56. The summed E-state index contributed by atoms with van der Waals surface area (Å²) in [6.07, 6.45) is 8.84. The number of hydrogen-bond acceptors (Lipinski definition) is 5. The van der Waals surface area contributed by atoms with Gasteiger partial charge in [-0.15, -0.1) is 0 Å². The van der Waals surface area contributed by atoms with Gasteiger partial charge in [-0.25, -0.2) is 0 Å². The molecule has 0 aromatic heterocycles. The van der Waals surface area contributed by atoms with Crippen LogP contribution in [0.4, 0.5) is 0 Å². The maximum absolute atomic E-state index is 10.7. The fourth-order valence-electron chi connectivity index (χ4n) is 4.42. The Bertz CT molecular complexity index is 361. The van der Waals surface area contributed by atoms with Crippen LogP contribution in [0, 0.1) is 5.92 Å². The molecule has 1 saturated carbocycles. The molecular formula is C22H47NO4Si. The van der Waals surface area contributed by atoms with E-state index in [1.165, 1.54) is 25.7 Å². The van der Waals surface area contributed by atoms with Crippen LogP contribution in [0.5, 0.6) is 0 Å². The Balaban J connectivity index is 2.72. The van der Waals surface area contributed by atoms with Crippen LogP contribution < -0.4 is 0 Å². The van der Waals surface area contributed by atoms with Crippen LogP contribution in [0.1, 0.15) is 86.0 Å². The largest absolute Gasteiger partial charge is 0.500 e. The fraction of sp³-hybridized carbons (Fsp3) is 1.00. The van der Waals surface area contributed by atoms with Crippen molar-refractivity contribution in [1.82, 2.24) is 4.90 Å². The molecule has 1 fully saturated rings. The molecule has 1 N–H and O–H groups in total. The quantitative estimate of drug-likeness (QED) is 0.364. The van der Waals surface area contributed by atoms with E-state index >= 15 is 0 Å². The average Bonchev–Trinajstić information content (AvgIpc) is 2.68. The monoisotopic (exact) mass is 417 g/mol. The first-order valence-electron chi connectivity index (χ1n) is 11.9. The van der Waals surface area contributed by atoms with Crippen LogP contribution >= 0.6 is 0 Å². The van der Waals surface area contributed by atoms with Crippen molar-refractivity contribution < 1.29 is 18.4 Å². The summed E-state index contributed by atoms with van der Waals surface area (Å²) in [4.78, 5) is 2.57. The lowest BCUT2D eigenvalue weighted by atomic mass is 9.81. The highest BCUT2D eigenvalue weighted by Crippen LogP contribution is 2.34. The Labute approximate surface area is 175 Å². The Hall–Kier alpha value is 0.0169. The summed E-state index contributed by atoms with van der Waals surface area (Å²) in [5, 5.41) is 10.7. The van der Waals surface area contributed by atoms with Crippen molar-refractivity contribution in [1.29, 1.82) is 0 Å². The average molecular weight is 418 g/mol. The van der Waals surface area contributed by atoms with E-state index in [0.717, 1.165) is 44.8 Å². The van der Waals surface area contributed by atoms with E-state index in [1.54, 1.807) is 0 Å². The van der Waals surface area contributed by atoms with Gasteiger partial charge in [0.1, 0.15) is 0 Å². The second-order valence-electron chi connectivity index (χ2n) is 8.08. The van der Waals surface area contributed by atoms with Gasteiger partial charge in [-0.05, 0) is 78.3 Å². The number of unbranched alkanes of at least 4 members (excludes halogenated alkanes) is 2. The Morgan fingerprint density at radius 3 is 1.86 bits per heavy atom. The SMILES string of the molecule is CCCCN(CCCC)C1CC(CC[Si](OCC)(OCC)OCC)CCC1O. The van der Waals surface area contributed by atoms with Crippen molar-refractivity contribution in [2.45, 2.75) is 104 Å². The summed E-state index contributed by atoms with van der Waals surface area (Å²) in [6.45, 7) is 14.7. The molecule has 3 unspecified atom stereocenters. The van der Waals surface area contributed by atoms with Gasteiger partial charge in [0.15, 0.2) is 0 Å². The minimum atomic E-state index is -2.56. The molecule has 0 amide bonds. The zero-order valence-corrected chi connectivity index (χ0v) is 20.3. The lowest BCUT2D eigenvalue weighted by Gasteiger charge is -2.41. The third-order valence-electron chi connectivity index (χ3n) is 5.91. The second-order valence-corrected chi connectivity index (χ2v) is 10.8. The van der Waals surface area contributed by atoms with Gasteiger partial charge in [0, 0.05) is 31.9 Å². The Kier molecular flexibility index (Phi) is 13.9. The molecular weight excluding hydrogens is 370 g/mol. The fourth-order valence-corrected chi connectivity index (χ4v) is 7.18. The summed E-state index contributed by atoms with van der Waals surface area (Å²) in [6, 6.07) is 1.19. The number of aliphatic hydroxyl groups excluding tert-OH is 1. The van der Waals surface area contributed by atoms with Crippen molar-refractivity contribution in [3.05, 3.63) is 0 Å². The van der Waals surface area contributed by atoms with Gasteiger partial charge in [-0.3, -0.25) is 4.90 Å². The van der Waals surface area contributed by atoms with E-state index in [9.17, 15) is 5.11 Å². The van der Waals surface area contributed by atoms with E-state index in [-0.39, 0.29) is 6.10 Å². The van der Waals surface area contributed by atoms with Crippen molar-refractivity contribution >= 4 is 8.80 Å². The molecule has 0 heterocycles. The number of rotatable bonds is 16. The van der Waals surface area contributed by atoms with Crippen molar-refractivity contribution in [3.8, 4) is 0 Å². The van der Waals surface area contributed by atoms with Gasteiger partial charge in [0.05, 0.1) is 6.10 Å². The van der Waals surface area contributed by atoms with Crippen LogP contribution in [-0.2, 0) is 13.3 Å². The van der Waals surface area contributed by atoms with Crippen LogP contribution in [-0.4, -0.2) is 63.9 Å². The van der Waals surface area contributed by atoms with Crippen LogP contribution in [0.3, 0.4) is 0 Å². The molecule has 28 heavy (non-hydrogen) atoms. The molecule has 6 heteroatoms. The van der Waals surface area contributed by atoms with Crippen molar-refractivity contribution in [3.63, 3.8) is 0 Å².